The molecule has 0 unspecified atom stereocenters. The van der Waals surface area contributed by atoms with E-state index < -0.39 is 0 Å². The summed E-state index contributed by atoms with van der Waals surface area (Å²) in [5, 5.41) is 6.66. The summed E-state index contributed by atoms with van der Waals surface area (Å²) in [5.74, 6) is 0.535. The van der Waals surface area contributed by atoms with E-state index in [0.717, 1.165) is 15.7 Å². The van der Waals surface area contributed by atoms with Gasteiger partial charge in [-0.1, -0.05) is 5.16 Å². The quantitative estimate of drug-likeness (QED) is 0.850. The van der Waals surface area contributed by atoms with Crippen LogP contribution in [0.3, 0.4) is 0 Å². The third-order valence-corrected chi connectivity index (χ3v) is 3.59. The van der Waals surface area contributed by atoms with Crippen LogP contribution < -0.4 is 11.1 Å². The van der Waals surface area contributed by atoms with Gasteiger partial charge in [-0.05, 0) is 48.0 Å². The van der Waals surface area contributed by atoms with Crippen molar-refractivity contribution in [1.29, 1.82) is 0 Å². The zero-order chi connectivity index (χ0) is 14.0. The Morgan fingerprint density at radius 3 is 2.79 bits per heavy atom. The third kappa shape index (κ3) is 2.96. The largest absolute Gasteiger partial charge is 0.398 e. The van der Waals surface area contributed by atoms with Gasteiger partial charge in [0.05, 0.1) is 5.69 Å². The predicted octanol–water partition coefficient (Wildman–Crippen LogP) is 2.57. The molecule has 1 aromatic heterocycles. The number of aromatic nitrogens is 1. The van der Waals surface area contributed by atoms with Crippen LogP contribution in [0.1, 0.15) is 27.4 Å². The van der Waals surface area contributed by atoms with Crippen LogP contribution in [-0.2, 0) is 6.54 Å². The number of hydrogen-bond acceptors (Lipinski definition) is 4. The summed E-state index contributed by atoms with van der Waals surface area (Å²) in [5.41, 5.74) is 8.49. The van der Waals surface area contributed by atoms with Crippen molar-refractivity contribution in [2.24, 2.45) is 0 Å². The zero-order valence-electron chi connectivity index (χ0n) is 10.7. The Hall–Kier alpha value is -1.82. The molecule has 19 heavy (non-hydrogen) atoms. The molecule has 0 saturated heterocycles. The van der Waals surface area contributed by atoms with Crippen LogP contribution in [0.4, 0.5) is 5.69 Å². The molecule has 1 aromatic carbocycles. The van der Waals surface area contributed by atoms with E-state index in [0.29, 0.717) is 23.6 Å². The first-order valence-corrected chi connectivity index (χ1v) is 6.53. The van der Waals surface area contributed by atoms with Crippen LogP contribution in [-0.4, -0.2) is 11.1 Å². The Morgan fingerprint density at radius 2 is 2.21 bits per heavy atom. The predicted molar refractivity (Wildman–Crippen MR) is 75.7 cm³/mol. The highest BCUT2D eigenvalue weighted by Gasteiger charge is 2.12. The number of nitrogen functional groups attached to an aromatic ring is 1. The molecule has 0 fully saturated rings. The van der Waals surface area contributed by atoms with Gasteiger partial charge in [-0.2, -0.15) is 0 Å². The van der Waals surface area contributed by atoms with Crippen molar-refractivity contribution >= 4 is 27.5 Å². The number of nitrogens with zero attached hydrogens (tertiary/aromatic N) is 1. The van der Waals surface area contributed by atoms with E-state index in [1.54, 1.807) is 18.2 Å². The number of nitrogens with one attached hydrogen (secondary N) is 1. The minimum absolute atomic E-state index is 0.181. The van der Waals surface area contributed by atoms with Gasteiger partial charge in [-0.15, -0.1) is 0 Å². The van der Waals surface area contributed by atoms with E-state index in [-0.39, 0.29) is 5.91 Å². The summed E-state index contributed by atoms with van der Waals surface area (Å²) in [7, 11) is 0. The van der Waals surface area contributed by atoms with Crippen molar-refractivity contribution in [3.05, 3.63) is 45.3 Å². The van der Waals surface area contributed by atoms with E-state index >= 15 is 0 Å². The van der Waals surface area contributed by atoms with Crippen molar-refractivity contribution in [2.75, 3.05) is 5.73 Å². The molecular formula is C13H14BrN3O2. The maximum atomic E-state index is 12.0. The number of carbonyl (C=O) groups is 1. The molecule has 2 aromatic rings. The lowest BCUT2D eigenvalue weighted by molar-refractivity contribution is 0.0951. The number of nitrogens with two attached hydrogens (primary N) is 1. The van der Waals surface area contributed by atoms with Crippen LogP contribution in [0.2, 0.25) is 0 Å². The Balaban J connectivity index is 2.07. The van der Waals surface area contributed by atoms with Gasteiger partial charge in [-0.3, -0.25) is 4.79 Å². The van der Waals surface area contributed by atoms with Crippen LogP contribution in [0.5, 0.6) is 0 Å². The molecule has 0 spiro atoms. The first-order valence-electron chi connectivity index (χ1n) is 5.74. The number of anilines is 1. The minimum atomic E-state index is -0.181. The van der Waals surface area contributed by atoms with Crippen molar-refractivity contribution in [3.63, 3.8) is 0 Å². The summed E-state index contributed by atoms with van der Waals surface area (Å²) in [6.07, 6.45) is 0. The highest BCUT2D eigenvalue weighted by atomic mass is 79.9. The van der Waals surface area contributed by atoms with E-state index in [1.807, 2.05) is 13.8 Å². The van der Waals surface area contributed by atoms with Gasteiger partial charge in [0, 0.05) is 27.8 Å². The highest BCUT2D eigenvalue weighted by Crippen LogP contribution is 2.20. The summed E-state index contributed by atoms with van der Waals surface area (Å²) in [6.45, 7) is 4.05. The molecule has 2 rings (SSSR count). The van der Waals surface area contributed by atoms with E-state index in [4.69, 9.17) is 10.3 Å². The Labute approximate surface area is 119 Å². The van der Waals surface area contributed by atoms with Gasteiger partial charge in [0.2, 0.25) is 0 Å². The van der Waals surface area contributed by atoms with E-state index in [2.05, 4.69) is 26.4 Å². The second-order valence-electron chi connectivity index (χ2n) is 4.22. The number of benzene rings is 1. The normalized spacial score (nSPS) is 10.5. The number of carbonyl (C=O) groups excluding carboxylic acids is 1. The molecule has 0 atom stereocenters. The fourth-order valence-corrected chi connectivity index (χ4v) is 1.96. The van der Waals surface area contributed by atoms with Gasteiger partial charge in [0.1, 0.15) is 5.76 Å². The number of halogens is 1. The lowest BCUT2D eigenvalue weighted by Gasteiger charge is -2.06. The second-order valence-corrected chi connectivity index (χ2v) is 5.08. The van der Waals surface area contributed by atoms with Crippen LogP contribution >= 0.6 is 15.9 Å². The molecule has 1 heterocycles. The molecular weight excluding hydrogens is 310 g/mol. The molecule has 3 N–H and O–H groups in total. The average molecular weight is 324 g/mol. The molecule has 6 heteroatoms. The third-order valence-electron chi connectivity index (χ3n) is 2.87. The molecule has 1 amide bonds. The number of hydrogen-bond donors (Lipinski definition) is 2. The Bertz CT molecular complexity index is 603. The van der Waals surface area contributed by atoms with Crippen molar-refractivity contribution in [3.8, 4) is 0 Å². The van der Waals surface area contributed by atoms with Gasteiger partial charge >= 0.3 is 0 Å². The molecule has 0 saturated carbocycles. The fourth-order valence-electron chi connectivity index (χ4n) is 1.71. The first-order chi connectivity index (χ1) is 8.99. The van der Waals surface area contributed by atoms with Crippen molar-refractivity contribution < 1.29 is 9.32 Å². The molecule has 0 aliphatic rings. The van der Waals surface area contributed by atoms with E-state index in [1.165, 1.54) is 0 Å². The first kappa shape index (κ1) is 13.6. The maximum Gasteiger partial charge on any atom is 0.251 e. The molecule has 100 valence electrons. The summed E-state index contributed by atoms with van der Waals surface area (Å²) < 4.78 is 5.81. The monoisotopic (exact) mass is 323 g/mol. The second kappa shape index (κ2) is 5.44. The SMILES string of the molecule is Cc1noc(C)c1CNC(=O)c1ccc(Br)c(N)c1. The molecule has 5 nitrogen and oxygen atoms in total. The van der Waals surface area contributed by atoms with Gasteiger partial charge in [-0.25, -0.2) is 0 Å². The standard InChI is InChI=1S/C13H14BrN3O2/c1-7-10(8(2)19-17-7)6-16-13(18)9-3-4-11(14)12(15)5-9/h3-5H,6,15H2,1-2H3,(H,16,18). The van der Waals surface area contributed by atoms with Crippen molar-refractivity contribution in [1.82, 2.24) is 10.5 Å². The topological polar surface area (TPSA) is 81.2 Å². The van der Waals surface area contributed by atoms with Gasteiger partial charge < -0.3 is 15.6 Å². The lowest BCUT2D eigenvalue weighted by Crippen LogP contribution is -2.23. The number of amides is 1. The molecule has 0 bridgehead atoms. The number of aryl methyl sites for hydroxylation is 2. The Morgan fingerprint density at radius 1 is 1.47 bits per heavy atom. The summed E-state index contributed by atoms with van der Waals surface area (Å²) >= 11 is 3.29. The average Bonchev–Trinajstić information content (AvgIpc) is 2.69. The smallest absolute Gasteiger partial charge is 0.251 e. The molecule has 0 aliphatic carbocycles. The van der Waals surface area contributed by atoms with Crippen LogP contribution in [0, 0.1) is 13.8 Å². The minimum Gasteiger partial charge on any atom is -0.398 e. The molecule has 0 aliphatic heterocycles. The van der Waals surface area contributed by atoms with Gasteiger partial charge in [0.15, 0.2) is 0 Å². The maximum absolute atomic E-state index is 12.0. The van der Waals surface area contributed by atoms with E-state index in [9.17, 15) is 4.79 Å². The lowest BCUT2D eigenvalue weighted by atomic mass is 10.1. The highest BCUT2D eigenvalue weighted by molar-refractivity contribution is 9.10. The summed E-state index contributed by atoms with van der Waals surface area (Å²) in [6, 6.07) is 5.09. The zero-order valence-corrected chi connectivity index (χ0v) is 12.2. The van der Waals surface area contributed by atoms with Gasteiger partial charge in [0.25, 0.3) is 5.91 Å². The molecule has 0 radical (unpaired) electrons. The summed E-state index contributed by atoms with van der Waals surface area (Å²) in [4.78, 5) is 12.0. The fraction of sp³-hybridized carbons (Fsp3) is 0.231. The van der Waals surface area contributed by atoms with Crippen LogP contribution in [0.15, 0.2) is 27.2 Å². The Kier molecular flexibility index (Phi) is 3.90. The van der Waals surface area contributed by atoms with Crippen molar-refractivity contribution in [2.45, 2.75) is 20.4 Å². The van der Waals surface area contributed by atoms with Crippen LogP contribution in [0.25, 0.3) is 0 Å². The number of rotatable bonds is 3.